The van der Waals surface area contributed by atoms with Crippen LogP contribution in [0, 0.1) is 5.41 Å². The van der Waals surface area contributed by atoms with Crippen LogP contribution in [0.3, 0.4) is 0 Å². The third kappa shape index (κ3) is 6.43. The molecule has 0 aliphatic rings. The second-order valence-corrected chi connectivity index (χ2v) is 10.3. The highest BCUT2D eigenvalue weighted by molar-refractivity contribution is 7.18. The fraction of sp³-hybridized carbons (Fsp3) is 1.00. The number of halogens is 14. The van der Waals surface area contributed by atoms with Crippen LogP contribution in [0.15, 0.2) is 0 Å². The lowest BCUT2D eigenvalue weighted by Crippen LogP contribution is -2.71. The summed E-state index contributed by atoms with van der Waals surface area (Å²) >= 11 is 0. The van der Waals surface area contributed by atoms with Crippen LogP contribution < -0.4 is 0 Å². The van der Waals surface area contributed by atoms with E-state index < -0.39 is 58.6 Å². The van der Waals surface area contributed by atoms with Crippen molar-refractivity contribution >= 4 is 9.24 Å². The molecule has 0 N–H and O–H groups in total. The molecule has 3 nitrogen and oxygen atoms in total. The summed E-state index contributed by atoms with van der Waals surface area (Å²) in [6, 6.07) is 0. The van der Waals surface area contributed by atoms with Gasteiger partial charge >= 0.3 is 36.6 Å². The summed E-state index contributed by atoms with van der Waals surface area (Å²) in [6.07, 6.45) is -29.9. The Balaban J connectivity index is 6.64. The quantitative estimate of drug-likeness (QED) is 0.209. The van der Waals surface area contributed by atoms with Gasteiger partial charge in [0.2, 0.25) is 0 Å². The maximum absolute atomic E-state index is 15.0. The van der Waals surface area contributed by atoms with E-state index in [9.17, 15) is 57.1 Å². The Morgan fingerprint density at radius 2 is 0.829 bits per heavy atom. The topological polar surface area (TPSA) is 27.7 Å². The van der Waals surface area contributed by atoms with Gasteiger partial charge in [-0.25, -0.2) is 4.39 Å². The summed E-state index contributed by atoms with van der Waals surface area (Å²) in [4.78, 5) is 0. The summed E-state index contributed by atoms with van der Waals surface area (Å²) in [7, 11) is 0.883. The monoisotopic (exact) mass is 572 g/mol. The Labute approximate surface area is 193 Å². The van der Waals surface area contributed by atoms with E-state index in [2.05, 4.69) is 14.2 Å². The van der Waals surface area contributed by atoms with E-state index in [1.807, 2.05) is 0 Å². The molecule has 18 heteroatoms. The van der Waals surface area contributed by atoms with Crippen molar-refractivity contribution in [2.45, 2.75) is 102 Å². The van der Waals surface area contributed by atoms with Gasteiger partial charge in [0.25, 0.3) is 0 Å². The van der Waals surface area contributed by atoms with Gasteiger partial charge in [0.15, 0.2) is 5.34 Å². The molecule has 0 rings (SSSR count). The number of alkyl halides is 14. The lowest BCUT2D eigenvalue weighted by atomic mass is 9.75. The van der Waals surface area contributed by atoms with Crippen molar-refractivity contribution in [1.82, 2.24) is 0 Å². The Morgan fingerprint density at radius 1 is 0.457 bits per heavy atom. The van der Waals surface area contributed by atoms with Crippen molar-refractivity contribution in [2.24, 2.45) is 5.41 Å². The SMILES string of the molecule is CC(C)(OC(F)(F)C(F)(C(F)(F)F)C(C)(C)OC(F)(F)F)C(C)(C)C(F)(F)OC(C)(P)C(F)(F)F. The summed E-state index contributed by atoms with van der Waals surface area (Å²) < 4.78 is 201. The first kappa shape index (κ1) is 34.3. The molecule has 35 heavy (non-hydrogen) atoms. The first-order valence-electron chi connectivity index (χ1n) is 9.16. The second-order valence-electron chi connectivity index (χ2n) is 9.19. The van der Waals surface area contributed by atoms with Crippen molar-refractivity contribution in [3.63, 3.8) is 0 Å². The minimum atomic E-state index is -6.85. The van der Waals surface area contributed by atoms with Crippen molar-refractivity contribution in [1.29, 1.82) is 0 Å². The molecule has 0 aromatic heterocycles. The van der Waals surface area contributed by atoms with Crippen LogP contribution in [0.5, 0.6) is 0 Å². The first-order valence-corrected chi connectivity index (χ1v) is 9.74. The largest absolute Gasteiger partial charge is 0.523 e. The van der Waals surface area contributed by atoms with Gasteiger partial charge < -0.3 is 4.74 Å². The smallest absolute Gasteiger partial charge is 0.311 e. The third-order valence-electron chi connectivity index (χ3n) is 5.51. The van der Waals surface area contributed by atoms with E-state index in [4.69, 9.17) is 0 Å². The van der Waals surface area contributed by atoms with E-state index in [-0.39, 0.29) is 48.5 Å². The van der Waals surface area contributed by atoms with Gasteiger partial charge in [0.05, 0.1) is 11.0 Å². The zero-order valence-corrected chi connectivity index (χ0v) is 20.2. The highest BCUT2D eigenvalue weighted by Crippen LogP contribution is 2.59. The number of hydrogen-bond donors (Lipinski definition) is 0. The van der Waals surface area contributed by atoms with Gasteiger partial charge in [-0.05, 0) is 48.5 Å². The highest BCUT2D eigenvalue weighted by Gasteiger charge is 2.82. The fourth-order valence-corrected chi connectivity index (χ4v) is 2.68. The van der Waals surface area contributed by atoms with Crippen LogP contribution in [0.1, 0.15) is 48.5 Å². The van der Waals surface area contributed by atoms with Crippen LogP contribution in [0.4, 0.5) is 61.5 Å². The number of ether oxygens (including phenoxy) is 3. The van der Waals surface area contributed by atoms with Crippen LogP contribution in [0.2, 0.25) is 0 Å². The molecule has 3 unspecified atom stereocenters. The van der Waals surface area contributed by atoms with Crippen LogP contribution in [-0.2, 0) is 14.2 Å². The average molecular weight is 572 g/mol. The van der Waals surface area contributed by atoms with Crippen LogP contribution in [-0.4, -0.2) is 53.1 Å². The van der Waals surface area contributed by atoms with Crippen molar-refractivity contribution in [3.05, 3.63) is 0 Å². The van der Waals surface area contributed by atoms with Crippen LogP contribution in [0.25, 0.3) is 0 Å². The van der Waals surface area contributed by atoms with Gasteiger partial charge in [-0.1, -0.05) is 9.24 Å². The van der Waals surface area contributed by atoms with E-state index in [0.29, 0.717) is 0 Å². The van der Waals surface area contributed by atoms with E-state index in [0.717, 1.165) is 9.24 Å². The van der Waals surface area contributed by atoms with Crippen molar-refractivity contribution < 1.29 is 75.7 Å². The van der Waals surface area contributed by atoms with Gasteiger partial charge in [0.1, 0.15) is 5.60 Å². The van der Waals surface area contributed by atoms with E-state index in [1.54, 1.807) is 0 Å². The summed E-state index contributed by atoms with van der Waals surface area (Å²) in [5.41, 5.74) is -17.6. The van der Waals surface area contributed by atoms with Gasteiger partial charge in [-0.2, -0.15) is 43.9 Å². The molecular formula is C17H23F14O3P. The molecule has 0 heterocycles. The minimum Gasteiger partial charge on any atom is -0.311 e. The van der Waals surface area contributed by atoms with E-state index in [1.165, 1.54) is 0 Å². The normalized spacial score (nSPS) is 19.4. The Kier molecular flexibility index (Phi) is 8.80. The lowest BCUT2D eigenvalue weighted by molar-refractivity contribution is -0.477. The maximum Gasteiger partial charge on any atom is 0.523 e. The van der Waals surface area contributed by atoms with Gasteiger partial charge in [-0.3, -0.25) is 9.47 Å². The van der Waals surface area contributed by atoms with Crippen molar-refractivity contribution in [3.8, 4) is 0 Å². The molecule has 0 aliphatic heterocycles. The molecule has 0 bridgehead atoms. The fourth-order valence-electron chi connectivity index (χ4n) is 2.54. The molecule has 3 atom stereocenters. The molecule has 0 amide bonds. The van der Waals surface area contributed by atoms with Crippen LogP contribution >= 0.6 is 9.24 Å². The molecule has 0 aromatic carbocycles. The molecular weight excluding hydrogens is 549 g/mol. The highest BCUT2D eigenvalue weighted by atomic mass is 31.0. The Morgan fingerprint density at radius 3 is 1.11 bits per heavy atom. The van der Waals surface area contributed by atoms with E-state index >= 15 is 4.39 Å². The molecule has 0 aliphatic carbocycles. The number of rotatable bonds is 9. The molecule has 0 saturated heterocycles. The molecule has 0 spiro atoms. The number of hydrogen-bond acceptors (Lipinski definition) is 3. The summed E-state index contributed by atoms with van der Waals surface area (Å²) in [5.74, 6) is 0. The summed E-state index contributed by atoms with van der Waals surface area (Å²) in [5, 5.41) is -3.70. The first-order chi connectivity index (χ1) is 14.6. The lowest BCUT2D eigenvalue weighted by Gasteiger charge is -2.51. The standard InChI is InChI=1S/C17H23F14O3P/c1-8(2,15(25,26)34-11(7,35)13(19,20)21)9(3,4)32-16(27,28)12(18,14(22,23)24)10(5,6)33-17(29,30)31/h35H2,1-7H3. The molecule has 0 fully saturated rings. The predicted octanol–water partition coefficient (Wildman–Crippen LogP) is 7.75. The minimum absolute atomic E-state index is 0.0946. The second kappa shape index (κ2) is 8.97. The molecule has 212 valence electrons. The predicted molar refractivity (Wildman–Crippen MR) is 95.2 cm³/mol. The summed E-state index contributed by atoms with van der Waals surface area (Å²) in [6.45, 7) is 0.336. The Hall–Kier alpha value is -0.670. The zero-order valence-electron chi connectivity index (χ0n) is 19.1. The Bertz CT molecular complexity index is 753. The molecule has 0 radical (unpaired) electrons. The average Bonchev–Trinajstić information content (AvgIpc) is 2.46. The van der Waals surface area contributed by atoms with Crippen molar-refractivity contribution in [2.75, 3.05) is 0 Å². The maximum atomic E-state index is 15.0. The zero-order chi connectivity index (χ0) is 29.1. The molecule has 0 saturated carbocycles. The van der Waals surface area contributed by atoms with Gasteiger partial charge in [0, 0.05) is 0 Å². The van der Waals surface area contributed by atoms with Gasteiger partial charge in [-0.15, -0.1) is 13.2 Å². The third-order valence-corrected chi connectivity index (χ3v) is 5.96. The molecule has 0 aromatic rings.